The Balaban J connectivity index is 3.04. The summed E-state index contributed by atoms with van der Waals surface area (Å²) in [5, 5.41) is 11.6. The maximum atomic E-state index is 12.6. The Kier molecular flexibility index (Phi) is 5.99. The van der Waals surface area contributed by atoms with E-state index >= 15 is 0 Å². The minimum Gasteiger partial charge on any atom is -0.388 e. The molecular weight excluding hydrogens is 274 g/mol. The van der Waals surface area contributed by atoms with Crippen LogP contribution in [-0.4, -0.2) is 32.9 Å². The van der Waals surface area contributed by atoms with Crippen LogP contribution in [-0.2, 0) is 10.0 Å². The molecule has 1 aromatic rings. The number of hydrogen-bond donors (Lipinski definition) is 1. The van der Waals surface area contributed by atoms with Crippen molar-refractivity contribution in [2.45, 2.75) is 25.2 Å². The first-order chi connectivity index (χ1) is 9.41. The van der Waals surface area contributed by atoms with Crippen molar-refractivity contribution in [3.8, 4) is 6.07 Å². The molecule has 0 aliphatic carbocycles. The standard InChI is InChI=1S/C14H21N3O2S/c1-12(2)11-17(10-4-9-15)20(18,19)14-7-5-13(16-3)6-8-14/h5-8,12,16H,4,10-11H2,1-3H3. The van der Waals surface area contributed by atoms with E-state index in [1.807, 2.05) is 19.9 Å². The van der Waals surface area contributed by atoms with Crippen molar-refractivity contribution in [1.82, 2.24) is 4.31 Å². The van der Waals surface area contributed by atoms with Crippen LogP contribution < -0.4 is 5.32 Å². The molecule has 0 unspecified atom stereocenters. The number of nitrogens with zero attached hydrogens (tertiary/aromatic N) is 2. The summed E-state index contributed by atoms with van der Waals surface area (Å²) in [6.07, 6.45) is 0.195. The summed E-state index contributed by atoms with van der Waals surface area (Å²) < 4.78 is 26.5. The minimum atomic E-state index is -3.54. The number of rotatable bonds is 7. The van der Waals surface area contributed by atoms with Gasteiger partial charge in [-0.2, -0.15) is 9.57 Å². The Labute approximate surface area is 121 Å². The van der Waals surface area contributed by atoms with Gasteiger partial charge in [-0.15, -0.1) is 0 Å². The molecule has 0 amide bonds. The van der Waals surface area contributed by atoms with Gasteiger partial charge < -0.3 is 5.32 Å². The lowest BCUT2D eigenvalue weighted by Gasteiger charge is -2.23. The zero-order valence-corrected chi connectivity index (χ0v) is 12.9. The van der Waals surface area contributed by atoms with Gasteiger partial charge in [-0.3, -0.25) is 0 Å². The molecule has 0 radical (unpaired) electrons. The SMILES string of the molecule is CNc1ccc(S(=O)(=O)N(CCC#N)CC(C)C)cc1. The molecule has 0 aliphatic heterocycles. The van der Waals surface area contributed by atoms with E-state index in [0.29, 0.717) is 6.54 Å². The third kappa shape index (κ3) is 4.22. The highest BCUT2D eigenvalue weighted by Crippen LogP contribution is 2.19. The molecule has 0 aliphatic rings. The summed E-state index contributed by atoms with van der Waals surface area (Å²) in [6.45, 7) is 4.56. The molecule has 0 spiro atoms. The summed E-state index contributed by atoms with van der Waals surface area (Å²) in [4.78, 5) is 0.259. The molecule has 110 valence electrons. The van der Waals surface area contributed by atoms with Crippen LogP contribution >= 0.6 is 0 Å². The molecule has 0 bridgehead atoms. The Hall–Kier alpha value is -1.58. The molecule has 20 heavy (non-hydrogen) atoms. The molecule has 5 nitrogen and oxygen atoms in total. The van der Waals surface area contributed by atoms with Crippen molar-refractivity contribution < 1.29 is 8.42 Å². The lowest BCUT2D eigenvalue weighted by atomic mass is 10.2. The summed E-state index contributed by atoms with van der Waals surface area (Å²) >= 11 is 0. The quantitative estimate of drug-likeness (QED) is 0.837. The Morgan fingerprint density at radius 2 is 1.90 bits per heavy atom. The first-order valence-corrected chi connectivity index (χ1v) is 8.00. The van der Waals surface area contributed by atoms with Gasteiger partial charge in [0.05, 0.1) is 11.0 Å². The molecule has 0 saturated heterocycles. The van der Waals surface area contributed by atoms with E-state index in [1.165, 1.54) is 4.31 Å². The van der Waals surface area contributed by atoms with Crippen molar-refractivity contribution in [2.75, 3.05) is 25.5 Å². The van der Waals surface area contributed by atoms with Crippen molar-refractivity contribution >= 4 is 15.7 Å². The van der Waals surface area contributed by atoms with Gasteiger partial charge in [0.1, 0.15) is 0 Å². The molecule has 1 rings (SSSR count). The fourth-order valence-corrected chi connectivity index (χ4v) is 3.44. The predicted molar refractivity (Wildman–Crippen MR) is 79.8 cm³/mol. The fourth-order valence-electron chi connectivity index (χ4n) is 1.83. The van der Waals surface area contributed by atoms with E-state index in [1.54, 1.807) is 31.3 Å². The Morgan fingerprint density at radius 1 is 1.30 bits per heavy atom. The largest absolute Gasteiger partial charge is 0.388 e. The fraction of sp³-hybridized carbons (Fsp3) is 0.500. The maximum absolute atomic E-state index is 12.6. The van der Waals surface area contributed by atoms with Crippen LogP contribution in [0.4, 0.5) is 5.69 Å². The van der Waals surface area contributed by atoms with Crippen LogP contribution in [0.5, 0.6) is 0 Å². The highest BCUT2D eigenvalue weighted by molar-refractivity contribution is 7.89. The topological polar surface area (TPSA) is 73.2 Å². The van der Waals surface area contributed by atoms with Crippen molar-refractivity contribution in [3.63, 3.8) is 0 Å². The Morgan fingerprint density at radius 3 is 2.35 bits per heavy atom. The summed E-state index contributed by atoms with van der Waals surface area (Å²) in [5.74, 6) is 0.208. The van der Waals surface area contributed by atoms with E-state index in [-0.39, 0.29) is 23.8 Å². The molecule has 0 fully saturated rings. The first kappa shape index (κ1) is 16.5. The van der Waals surface area contributed by atoms with Crippen molar-refractivity contribution in [3.05, 3.63) is 24.3 Å². The van der Waals surface area contributed by atoms with Gasteiger partial charge in [-0.05, 0) is 30.2 Å². The second-order valence-electron chi connectivity index (χ2n) is 4.94. The highest BCUT2D eigenvalue weighted by Gasteiger charge is 2.24. The van der Waals surface area contributed by atoms with Gasteiger partial charge in [0, 0.05) is 32.2 Å². The van der Waals surface area contributed by atoms with Gasteiger partial charge in [0.2, 0.25) is 10.0 Å². The third-order valence-corrected chi connectivity index (χ3v) is 4.70. The lowest BCUT2D eigenvalue weighted by molar-refractivity contribution is 0.373. The van der Waals surface area contributed by atoms with E-state index in [4.69, 9.17) is 5.26 Å². The van der Waals surface area contributed by atoms with E-state index in [2.05, 4.69) is 5.32 Å². The normalized spacial score (nSPS) is 11.6. The summed E-state index contributed by atoms with van der Waals surface area (Å²) in [6, 6.07) is 8.62. The lowest BCUT2D eigenvalue weighted by Crippen LogP contribution is -2.35. The monoisotopic (exact) mass is 295 g/mol. The van der Waals surface area contributed by atoms with E-state index in [0.717, 1.165) is 5.69 Å². The zero-order valence-electron chi connectivity index (χ0n) is 12.1. The van der Waals surface area contributed by atoms with Crippen LogP contribution in [0.15, 0.2) is 29.2 Å². The highest BCUT2D eigenvalue weighted by atomic mass is 32.2. The number of benzene rings is 1. The molecule has 0 atom stereocenters. The second kappa shape index (κ2) is 7.27. The molecule has 6 heteroatoms. The van der Waals surface area contributed by atoms with Crippen molar-refractivity contribution in [1.29, 1.82) is 5.26 Å². The van der Waals surface area contributed by atoms with Gasteiger partial charge >= 0.3 is 0 Å². The molecular formula is C14H21N3O2S. The van der Waals surface area contributed by atoms with Crippen LogP contribution in [0.1, 0.15) is 20.3 Å². The van der Waals surface area contributed by atoms with Crippen LogP contribution in [0.3, 0.4) is 0 Å². The second-order valence-corrected chi connectivity index (χ2v) is 6.88. The molecule has 0 saturated carbocycles. The molecule has 1 aromatic carbocycles. The smallest absolute Gasteiger partial charge is 0.243 e. The molecule has 0 aromatic heterocycles. The average molecular weight is 295 g/mol. The number of hydrogen-bond acceptors (Lipinski definition) is 4. The van der Waals surface area contributed by atoms with Gasteiger partial charge in [0.15, 0.2) is 0 Å². The summed E-state index contributed by atoms with van der Waals surface area (Å²) in [5.41, 5.74) is 0.858. The summed E-state index contributed by atoms with van der Waals surface area (Å²) in [7, 11) is -1.76. The van der Waals surface area contributed by atoms with Crippen LogP contribution in [0.2, 0.25) is 0 Å². The van der Waals surface area contributed by atoms with Crippen molar-refractivity contribution in [2.24, 2.45) is 5.92 Å². The number of nitriles is 1. The van der Waals surface area contributed by atoms with Crippen LogP contribution in [0, 0.1) is 17.2 Å². The number of anilines is 1. The van der Waals surface area contributed by atoms with Gasteiger partial charge in [0.25, 0.3) is 0 Å². The van der Waals surface area contributed by atoms with Crippen LogP contribution in [0.25, 0.3) is 0 Å². The Bertz CT molecular complexity index is 559. The average Bonchev–Trinajstić information content (AvgIpc) is 2.43. The zero-order chi connectivity index (χ0) is 15.2. The third-order valence-electron chi connectivity index (χ3n) is 2.82. The number of nitrogens with one attached hydrogen (secondary N) is 1. The molecule has 0 heterocycles. The van der Waals surface area contributed by atoms with Gasteiger partial charge in [-0.25, -0.2) is 8.42 Å². The predicted octanol–water partition coefficient (Wildman–Crippen LogP) is 2.29. The maximum Gasteiger partial charge on any atom is 0.243 e. The van der Waals surface area contributed by atoms with E-state index in [9.17, 15) is 8.42 Å². The van der Waals surface area contributed by atoms with Gasteiger partial charge in [-0.1, -0.05) is 13.8 Å². The minimum absolute atomic E-state index is 0.195. The van der Waals surface area contributed by atoms with E-state index < -0.39 is 10.0 Å². The number of sulfonamides is 1. The molecule has 1 N–H and O–H groups in total. The first-order valence-electron chi connectivity index (χ1n) is 6.56.